The van der Waals surface area contributed by atoms with Crippen LogP contribution in [0.3, 0.4) is 0 Å². The Bertz CT molecular complexity index is 838. The van der Waals surface area contributed by atoms with Crippen molar-refractivity contribution in [2.24, 2.45) is 4.99 Å². The van der Waals surface area contributed by atoms with Crippen LogP contribution >= 0.6 is 24.0 Å². The van der Waals surface area contributed by atoms with E-state index in [-0.39, 0.29) is 41.8 Å². The lowest BCUT2D eigenvalue weighted by Gasteiger charge is -2.15. The van der Waals surface area contributed by atoms with Crippen molar-refractivity contribution in [1.82, 2.24) is 10.6 Å². The van der Waals surface area contributed by atoms with Gasteiger partial charge in [0.1, 0.15) is 11.6 Å². The van der Waals surface area contributed by atoms with E-state index in [0.717, 1.165) is 5.56 Å². The fraction of sp³-hybridized carbons (Fsp3) is 0.350. The molecule has 30 heavy (non-hydrogen) atoms. The van der Waals surface area contributed by atoms with Crippen LogP contribution in [0.15, 0.2) is 41.4 Å². The Balaban J connectivity index is 0.00000450. The number of hydrogen-bond donors (Lipinski definition) is 2. The van der Waals surface area contributed by atoms with Gasteiger partial charge in [-0.25, -0.2) is 4.39 Å². The smallest absolute Gasteiger partial charge is 0.387 e. The normalized spacial score (nSPS) is 11.0. The van der Waals surface area contributed by atoms with Gasteiger partial charge < -0.3 is 24.8 Å². The Morgan fingerprint density at radius 3 is 2.40 bits per heavy atom. The number of halogens is 4. The lowest BCUT2D eigenvalue weighted by Crippen LogP contribution is -2.38. The summed E-state index contributed by atoms with van der Waals surface area (Å²) >= 11 is 0. The Morgan fingerprint density at radius 2 is 1.77 bits per heavy atom. The molecule has 0 saturated heterocycles. The summed E-state index contributed by atoms with van der Waals surface area (Å²) in [4.78, 5) is 4.05. The Labute approximate surface area is 190 Å². The van der Waals surface area contributed by atoms with Crippen molar-refractivity contribution in [2.45, 2.75) is 19.6 Å². The van der Waals surface area contributed by atoms with Crippen molar-refractivity contribution < 1.29 is 27.4 Å². The van der Waals surface area contributed by atoms with Gasteiger partial charge in [-0.3, -0.25) is 4.99 Å². The Morgan fingerprint density at radius 1 is 1.03 bits per heavy atom. The van der Waals surface area contributed by atoms with E-state index in [2.05, 4.69) is 20.4 Å². The molecule has 0 aliphatic heterocycles. The minimum absolute atomic E-state index is 0. The first kappa shape index (κ1) is 25.7. The number of hydrogen-bond acceptors (Lipinski definition) is 4. The molecule has 0 bridgehead atoms. The summed E-state index contributed by atoms with van der Waals surface area (Å²) in [5.74, 6) is 0.827. The van der Waals surface area contributed by atoms with Crippen molar-refractivity contribution in [3.05, 3.63) is 53.3 Å². The summed E-state index contributed by atoms with van der Waals surface area (Å²) in [7, 11) is 4.70. The zero-order chi connectivity index (χ0) is 21.2. The number of alkyl halides is 2. The molecule has 10 heteroatoms. The fourth-order valence-corrected chi connectivity index (χ4v) is 2.67. The van der Waals surface area contributed by atoms with E-state index >= 15 is 0 Å². The van der Waals surface area contributed by atoms with Gasteiger partial charge in [0.15, 0.2) is 17.5 Å². The minimum Gasteiger partial charge on any atom is -0.493 e. The molecule has 0 heterocycles. The van der Waals surface area contributed by atoms with Crippen molar-refractivity contribution in [3.63, 3.8) is 0 Å². The van der Waals surface area contributed by atoms with Crippen LogP contribution in [-0.4, -0.2) is 40.4 Å². The highest BCUT2D eigenvalue weighted by Crippen LogP contribution is 2.27. The number of nitrogens with zero attached hydrogens (tertiary/aromatic N) is 1. The zero-order valence-corrected chi connectivity index (χ0v) is 19.2. The van der Waals surface area contributed by atoms with E-state index in [9.17, 15) is 13.2 Å². The second-order valence-corrected chi connectivity index (χ2v) is 5.89. The lowest BCUT2D eigenvalue weighted by molar-refractivity contribution is -0.0506. The standard InChI is InChI=1S/C20H24F3N3O3.HI/c1-24-20(25-10-9-13-7-8-17(27-2)18(11-13)28-3)26-12-14-15(21)5-4-6-16(14)29-19(22)23;/h4-8,11,19H,9-10,12H2,1-3H3,(H2,24,25,26);1H. The van der Waals surface area contributed by atoms with Crippen LogP contribution in [0.5, 0.6) is 17.2 Å². The second kappa shape index (κ2) is 13.0. The average Bonchev–Trinajstić information content (AvgIpc) is 2.71. The minimum atomic E-state index is -3.03. The van der Waals surface area contributed by atoms with Crippen LogP contribution in [0.4, 0.5) is 13.2 Å². The molecule has 0 aliphatic carbocycles. The summed E-state index contributed by atoms with van der Waals surface area (Å²) in [6.45, 7) is -2.56. The highest BCUT2D eigenvalue weighted by atomic mass is 127. The molecule has 0 atom stereocenters. The molecule has 2 aromatic rings. The van der Waals surface area contributed by atoms with Gasteiger partial charge in [-0.1, -0.05) is 12.1 Å². The fourth-order valence-electron chi connectivity index (χ4n) is 2.67. The van der Waals surface area contributed by atoms with Crippen LogP contribution < -0.4 is 24.8 Å². The number of ether oxygens (including phenoxy) is 3. The van der Waals surface area contributed by atoms with Crippen LogP contribution in [0, 0.1) is 5.82 Å². The number of methoxy groups -OCH3 is 2. The molecule has 0 radical (unpaired) electrons. The molecule has 0 unspecified atom stereocenters. The maximum Gasteiger partial charge on any atom is 0.387 e. The second-order valence-electron chi connectivity index (χ2n) is 5.89. The quantitative estimate of drug-likeness (QED) is 0.287. The van der Waals surface area contributed by atoms with E-state index in [1.54, 1.807) is 21.3 Å². The van der Waals surface area contributed by atoms with E-state index < -0.39 is 12.4 Å². The third-order valence-electron chi connectivity index (χ3n) is 4.10. The topological polar surface area (TPSA) is 64.1 Å². The van der Waals surface area contributed by atoms with E-state index in [0.29, 0.717) is 30.4 Å². The van der Waals surface area contributed by atoms with E-state index in [1.807, 2.05) is 18.2 Å². The van der Waals surface area contributed by atoms with Crippen LogP contribution in [-0.2, 0) is 13.0 Å². The Kier molecular flexibility index (Phi) is 11.2. The monoisotopic (exact) mass is 539 g/mol. The molecule has 166 valence electrons. The number of guanidine groups is 1. The van der Waals surface area contributed by atoms with Gasteiger partial charge in [0.2, 0.25) is 0 Å². The Hall–Kier alpha value is -2.37. The molecule has 0 amide bonds. The first-order chi connectivity index (χ1) is 14.0. The molecule has 0 fully saturated rings. The van der Waals surface area contributed by atoms with Gasteiger partial charge in [-0.05, 0) is 36.2 Å². The summed E-state index contributed by atoms with van der Waals surface area (Å²) < 4.78 is 53.9. The molecule has 0 aromatic heterocycles. The third-order valence-corrected chi connectivity index (χ3v) is 4.10. The van der Waals surface area contributed by atoms with Crippen LogP contribution in [0.2, 0.25) is 0 Å². The first-order valence-corrected chi connectivity index (χ1v) is 8.86. The first-order valence-electron chi connectivity index (χ1n) is 8.86. The summed E-state index contributed by atoms with van der Waals surface area (Å²) in [5, 5.41) is 5.99. The molecule has 0 aliphatic rings. The van der Waals surface area contributed by atoms with Gasteiger partial charge in [0.05, 0.1) is 14.2 Å². The number of aliphatic imine (C=N–C) groups is 1. The molecule has 0 spiro atoms. The van der Waals surface area contributed by atoms with E-state index in [4.69, 9.17) is 9.47 Å². The summed E-state index contributed by atoms with van der Waals surface area (Å²) in [5.41, 5.74) is 1.02. The van der Waals surface area contributed by atoms with Gasteiger partial charge in [0, 0.05) is 25.7 Å². The summed E-state index contributed by atoms with van der Waals surface area (Å²) in [6, 6.07) is 9.41. The number of rotatable bonds is 9. The molecular formula is C20H25F3IN3O3. The van der Waals surface area contributed by atoms with Crippen molar-refractivity contribution in [1.29, 1.82) is 0 Å². The molecule has 2 rings (SSSR count). The van der Waals surface area contributed by atoms with E-state index in [1.165, 1.54) is 18.2 Å². The SMILES string of the molecule is CN=C(NCCc1ccc(OC)c(OC)c1)NCc1c(F)cccc1OC(F)F.I. The van der Waals surface area contributed by atoms with Crippen molar-refractivity contribution in [3.8, 4) is 17.2 Å². The largest absolute Gasteiger partial charge is 0.493 e. The van der Waals surface area contributed by atoms with Gasteiger partial charge in [-0.2, -0.15) is 8.78 Å². The van der Waals surface area contributed by atoms with Gasteiger partial charge in [-0.15, -0.1) is 24.0 Å². The molecule has 0 saturated carbocycles. The van der Waals surface area contributed by atoms with Crippen molar-refractivity contribution >= 4 is 29.9 Å². The molecule has 6 nitrogen and oxygen atoms in total. The molecule has 2 aromatic carbocycles. The lowest BCUT2D eigenvalue weighted by atomic mass is 10.1. The maximum absolute atomic E-state index is 14.0. The average molecular weight is 539 g/mol. The predicted octanol–water partition coefficient (Wildman–Crippen LogP) is 3.97. The third kappa shape index (κ3) is 7.47. The van der Waals surface area contributed by atoms with Crippen LogP contribution in [0.25, 0.3) is 0 Å². The highest BCUT2D eigenvalue weighted by Gasteiger charge is 2.14. The number of nitrogens with one attached hydrogen (secondary N) is 2. The molecule has 2 N–H and O–H groups in total. The molecular weight excluding hydrogens is 514 g/mol. The number of benzene rings is 2. The highest BCUT2D eigenvalue weighted by molar-refractivity contribution is 14.0. The predicted molar refractivity (Wildman–Crippen MR) is 120 cm³/mol. The zero-order valence-electron chi connectivity index (χ0n) is 16.9. The summed E-state index contributed by atoms with van der Waals surface area (Å²) in [6.07, 6.45) is 0.667. The van der Waals surface area contributed by atoms with Gasteiger partial charge >= 0.3 is 6.61 Å². The van der Waals surface area contributed by atoms with Crippen LogP contribution in [0.1, 0.15) is 11.1 Å². The van der Waals surface area contributed by atoms with Gasteiger partial charge in [0.25, 0.3) is 0 Å². The van der Waals surface area contributed by atoms with Crippen molar-refractivity contribution in [2.75, 3.05) is 27.8 Å². The maximum atomic E-state index is 14.0.